The van der Waals surface area contributed by atoms with Gasteiger partial charge in [0, 0.05) is 15.7 Å². The van der Waals surface area contributed by atoms with E-state index in [1.807, 2.05) is 13.8 Å². The Labute approximate surface area is 156 Å². The summed E-state index contributed by atoms with van der Waals surface area (Å²) in [6, 6.07) is 19.2. The molecule has 0 bridgehead atoms. The fourth-order valence-corrected chi connectivity index (χ4v) is 3.21. The first-order chi connectivity index (χ1) is 11.4. The third kappa shape index (κ3) is 6.16. The molecule has 0 spiro atoms. The molecule has 0 aromatic heterocycles. The minimum Gasteiger partial charge on any atom is -0.380 e. The molecule has 2 heteroatoms. The van der Waals surface area contributed by atoms with Crippen LogP contribution in [0.1, 0.15) is 59.1 Å². The molecule has 2 aromatic carbocycles. The number of rotatable bonds is 4. The Morgan fingerprint density at radius 2 is 1.42 bits per heavy atom. The van der Waals surface area contributed by atoms with Crippen LogP contribution in [0.5, 0.6) is 0 Å². The first kappa shape index (κ1) is 20.5. The molecule has 0 amide bonds. The molecular weight excluding hydrogens is 358 g/mol. The lowest BCUT2D eigenvalue weighted by atomic mass is 10.0. The summed E-state index contributed by atoms with van der Waals surface area (Å²) in [5.41, 5.74) is 5.04. The lowest BCUT2D eigenvalue weighted by Crippen LogP contribution is -2.25. The van der Waals surface area contributed by atoms with E-state index in [2.05, 4.69) is 104 Å². The SMILES string of the molecule is CC.CC/C(=C(\Br)c1ccc(NC(C)(C)C)cc1)c1ccccc1. The summed E-state index contributed by atoms with van der Waals surface area (Å²) in [6.45, 7) is 12.7. The van der Waals surface area contributed by atoms with Crippen molar-refractivity contribution in [3.63, 3.8) is 0 Å². The predicted octanol–water partition coefficient (Wildman–Crippen LogP) is 7.60. The van der Waals surface area contributed by atoms with Gasteiger partial charge < -0.3 is 5.32 Å². The Bertz CT molecular complexity index is 634. The van der Waals surface area contributed by atoms with E-state index in [1.165, 1.54) is 21.2 Å². The zero-order valence-corrected chi connectivity index (χ0v) is 17.4. The molecule has 0 fully saturated rings. The predicted molar refractivity (Wildman–Crippen MR) is 114 cm³/mol. The quantitative estimate of drug-likeness (QED) is 0.532. The Morgan fingerprint density at radius 1 is 0.875 bits per heavy atom. The zero-order chi connectivity index (χ0) is 18.2. The maximum absolute atomic E-state index is 3.79. The van der Waals surface area contributed by atoms with Gasteiger partial charge in [0.15, 0.2) is 0 Å². The first-order valence-corrected chi connectivity index (χ1v) is 9.52. The number of halogens is 1. The summed E-state index contributed by atoms with van der Waals surface area (Å²) in [5.74, 6) is 0. The molecule has 1 nitrogen and oxygen atoms in total. The van der Waals surface area contributed by atoms with E-state index in [1.54, 1.807) is 0 Å². The van der Waals surface area contributed by atoms with Crippen molar-refractivity contribution < 1.29 is 0 Å². The molecule has 0 radical (unpaired) electrons. The van der Waals surface area contributed by atoms with Crippen LogP contribution in [-0.2, 0) is 0 Å². The molecule has 1 N–H and O–H groups in total. The van der Waals surface area contributed by atoms with Crippen LogP contribution in [0.2, 0.25) is 0 Å². The summed E-state index contributed by atoms with van der Waals surface area (Å²) in [5, 5.41) is 3.49. The molecule has 0 heterocycles. The highest BCUT2D eigenvalue weighted by Gasteiger charge is 2.10. The molecule has 0 atom stereocenters. The highest BCUT2D eigenvalue weighted by atomic mass is 79.9. The van der Waals surface area contributed by atoms with E-state index < -0.39 is 0 Å². The van der Waals surface area contributed by atoms with Gasteiger partial charge in [-0.05, 0) is 72.0 Å². The van der Waals surface area contributed by atoms with Crippen LogP contribution in [0.15, 0.2) is 54.6 Å². The second kappa shape index (κ2) is 9.68. The van der Waals surface area contributed by atoms with Gasteiger partial charge in [-0.1, -0.05) is 63.2 Å². The van der Waals surface area contributed by atoms with E-state index in [9.17, 15) is 0 Å². The molecule has 0 saturated heterocycles. The third-order valence-electron chi connectivity index (χ3n) is 3.40. The van der Waals surface area contributed by atoms with Gasteiger partial charge in [-0.25, -0.2) is 0 Å². The van der Waals surface area contributed by atoms with Gasteiger partial charge in [-0.3, -0.25) is 0 Å². The van der Waals surface area contributed by atoms with E-state index >= 15 is 0 Å². The summed E-state index contributed by atoms with van der Waals surface area (Å²) >= 11 is 3.79. The van der Waals surface area contributed by atoms with Gasteiger partial charge in [0.1, 0.15) is 0 Å². The number of benzene rings is 2. The molecule has 0 unspecified atom stereocenters. The summed E-state index contributed by atoms with van der Waals surface area (Å²) in [6.07, 6.45) is 0.993. The lowest BCUT2D eigenvalue weighted by molar-refractivity contribution is 0.634. The monoisotopic (exact) mass is 387 g/mol. The first-order valence-electron chi connectivity index (χ1n) is 8.73. The standard InChI is InChI=1S/C20H24BrN.C2H6/c1-5-18(15-9-7-6-8-10-15)19(21)16-11-13-17(14-12-16)22-20(2,3)4;1-2/h6-14,22H,5H2,1-4H3;1-2H3/b19-18+;. The van der Waals surface area contributed by atoms with Crippen molar-refractivity contribution in [2.45, 2.75) is 53.5 Å². The van der Waals surface area contributed by atoms with E-state index in [4.69, 9.17) is 0 Å². The van der Waals surface area contributed by atoms with Crippen LogP contribution >= 0.6 is 15.9 Å². The number of nitrogens with one attached hydrogen (secondary N) is 1. The largest absolute Gasteiger partial charge is 0.380 e. The van der Waals surface area contributed by atoms with Gasteiger partial charge >= 0.3 is 0 Å². The molecular formula is C22H30BrN. The highest BCUT2D eigenvalue weighted by Crippen LogP contribution is 2.33. The maximum atomic E-state index is 3.79. The van der Waals surface area contributed by atoms with Crippen molar-refractivity contribution in [1.82, 2.24) is 0 Å². The molecule has 0 saturated carbocycles. The lowest BCUT2D eigenvalue weighted by Gasteiger charge is -2.22. The normalized spacial score (nSPS) is 12.0. The average molecular weight is 388 g/mol. The fourth-order valence-electron chi connectivity index (χ4n) is 2.43. The Morgan fingerprint density at radius 3 is 1.88 bits per heavy atom. The molecule has 2 rings (SSSR count). The van der Waals surface area contributed by atoms with Gasteiger partial charge in [0.2, 0.25) is 0 Å². The second-order valence-corrected chi connectivity index (χ2v) is 7.26. The highest BCUT2D eigenvalue weighted by molar-refractivity contribution is 9.15. The van der Waals surface area contributed by atoms with Crippen molar-refractivity contribution in [2.24, 2.45) is 0 Å². The van der Waals surface area contributed by atoms with Crippen molar-refractivity contribution in [3.05, 3.63) is 65.7 Å². The third-order valence-corrected chi connectivity index (χ3v) is 4.33. The minimum absolute atomic E-state index is 0.0766. The van der Waals surface area contributed by atoms with Gasteiger partial charge in [0.25, 0.3) is 0 Å². The van der Waals surface area contributed by atoms with Gasteiger partial charge in [-0.2, -0.15) is 0 Å². The van der Waals surface area contributed by atoms with Gasteiger partial charge in [-0.15, -0.1) is 0 Å². The van der Waals surface area contributed by atoms with E-state index in [-0.39, 0.29) is 5.54 Å². The van der Waals surface area contributed by atoms with Crippen molar-refractivity contribution >= 4 is 31.7 Å². The van der Waals surface area contributed by atoms with Gasteiger partial charge in [0.05, 0.1) is 0 Å². The number of hydrogen-bond acceptors (Lipinski definition) is 1. The Kier molecular flexibility index (Phi) is 8.27. The van der Waals surface area contributed by atoms with Crippen LogP contribution in [0.25, 0.3) is 10.1 Å². The van der Waals surface area contributed by atoms with Crippen LogP contribution in [-0.4, -0.2) is 5.54 Å². The van der Waals surface area contributed by atoms with Crippen molar-refractivity contribution in [2.75, 3.05) is 5.32 Å². The van der Waals surface area contributed by atoms with Crippen LogP contribution < -0.4 is 5.32 Å². The van der Waals surface area contributed by atoms with Crippen molar-refractivity contribution in [1.29, 1.82) is 0 Å². The molecule has 24 heavy (non-hydrogen) atoms. The van der Waals surface area contributed by atoms with Crippen molar-refractivity contribution in [3.8, 4) is 0 Å². The zero-order valence-electron chi connectivity index (χ0n) is 15.8. The average Bonchev–Trinajstić information content (AvgIpc) is 2.57. The Balaban J connectivity index is 0.00000139. The summed E-state index contributed by atoms with van der Waals surface area (Å²) in [7, 11) is 0. The smallest absolute Gasteiger partial charge is 0.0344 e. The van der Waals surface area contributed by atoms with Crippen LogP contribution in [0.3, 0.4) is 0 Å². The summed E-state index contributed by atoms with van der Waals surface area (Å²) in [4.78, 5) is 0. The van der Waals surface area contributed by atoms with E-state index in [0.717, 1.165) is 12.1 Å². The Hall–Kier alpha value is -1.54. The topological polar surface area (TPSA) is 12.0 Å². The summed E-state index contributed by atoms with van der Waals surface area (Å²) < 4.78 is 1.17. The van der Waals surface area contributed by atoms with E-state index in [0.29, 0.717) is 0 Å². The molecule has 130 valence electrons. The maximum Gasteiger partial charge on any atom is 0.0344 e. The molecule has 0 aliphatic heterocycles. The van der Waals surface area contributed by atoms with Crippen LogP contribution in [0.4, 0.5) is 5.69 Å². The number of hydrogen-bond donors (Lipinski definition) is 1. The fraction of sp³-hybridized carbons (Fsp3) is 0.364. The minimum atomic E-state index is 0.0766. The molecule has 2 aromatic rings. The molecule has 0 aliphatic carbocycles. The molecule has 0 aliphatic rings. The number of allylic oxidation sites excluding steroid dienone is 1. The number of anilines is 1. The second-order valence-electron chi connectivity index (χ2n) is 6.46. The van der Waals surface area contributed by atoms with Crippen LogP contribution in [0, 0.1) is 0 Å².